The average Bonchev–Trinajstić information content (AvgIpc) is 2.78. The van der Waals surface area contributed by atoms with E-state index in [2.05, 4.69) is 4.74 Å². The maximum atomic E-state index is 13.5. The van der Waals surface area contributed by atoms with Gasteiger partial charge in [0, 0.05) is 6.54 Å². The van der Waals surface area contributed by atoms with E-state index in [9.17, 15) is 23.2 Å². The van der Waals surface area contributed by atoms with Crippen LogP contribution >= 0.6 is 0 Å². The molecule has 1 unspecified atom stereocenters. The summed E-state index contributed by atoms with van der Waals surface area (Å²) in [5.74, 6) is -1.33. The van der Waals surface area contributed by atoms with Crippen molar-refractivity contribution in [1.29, 1.82) is 0 Å². The van der Waals surface area contributed by atoms with Crippen LogP contribution in [0.2, 0.25) is 0 Å². The first-order valence-corrected chi connectivity index (χ1v) is 10.9. The Labute approximate surface area is 181 Å². The van der Waals surface area contributed by atoms with Crippen LogP contribution in [0.3, 0.4) is 0 Å². The maximum absolute atomic E-state index is 13.5. The van der Waals surface area contributed by atoms with Gasteiger partial charge in [-0.1, -0.05) is 26.0 Å². The third kappa shape index (κ3) is 5.60. The van der Waals surface area contributed by atoms with Crippen LogP contribution < -0.4 is 10.2 Å². The number of amides is 1. The van der Waals surface area contributed by atoms with Crippen molar-refractivity contribution in [3.63, 3.8) is 0 Å². The summed E-state index contributed by atoms with van der Waals surface area (Å²) in [7, 11) is -1.41. The molecule has 0 aliphatic heterocycles. The predicted molar refractivity (Wildman–Crippen MR) is 112 cm³/mol. The highest BCUT2D eigenvalue weighted by molar-refractivity contribution is 7.89. The standard InChI is InChI=1S/C21H26N2O7S/c1-14(2)19(20(24)22-26)23(13-15-5-7-16(8-6-15)21(25)30-4)31(27,28)18-11-9-17(29-3)10-12-18/h5-12,14,19,26H,13H2,1-4H3,(H,22,24). The van der Waals surface area contributed by atoms with Crippen LogP contribution in [-0.2, 0) is 26.1 Å². The largest absolute Gasteiger partial charge is 0.497 e. The van der Waals surface area contributed by atoms with Gasteiger partial charge in [-0.3, -0.25) is 10.0 Å². The Morgan fingerprint density at radius 3 is 2.06 bits per heavy atom. The zero-order valence-electron chi connectivity index (χ0n) is 17.7. The van der Waals surface area contributed by atoms with Gasteiger partial charge in [0.1, 0.15) is 11.8 Å². The van der Waals surface area contributed by atoms with Gasteiger partial charge in [-0.15, -0.1) is 0 Å². The third-order valence-corrected chi connectivity index (χ3v) is 6.54. The summed E-state index contributed by atoms with van der Waals surface area (Å²) in [4.78, 5) is 24.0. The Morgan fingerprint density at radius 2 is 1.61 bits per heavy atom. The average molecular weight is 451 g/mol. The van der Waals surface area contributed by atoms with E-state index in [1.54, 1.807) is 31.5 Å². The Hall–Kier alpha value is -2.95. The van der Waals surface area contributed by atoms with Gasteiger partial charge in [0.05, 0.1) is 24.7 Å². The Bertz CT molecular complexity index is 1000. The number of nitrogens with one attached hydrogen (secondary N) is 1. The molecule has 0 saturated heterocycles. The van der Waals surface area contributed by atoms with E-state index < -0.39 is 33.9 Å². The van der Waals surface area contributed by atoms with E-state index in [-0.39, 0.29) is 11.4 Å². The van der Waals surface area contributed by atoms with Gasteiger partial charge < -0.3 is 9.47 Å². The number of ether oxygens (including phenoxy) is 2. The second-order valence-corrected chi connectivity index (χ2v) is 8.97. The molecule has 0 heterocycles. The third-order valence-electron chi connectivity index (χ3n) is 4.70. The summed E-state index contributed by atoms with van der Waals surface area (Å²) < 4.78 is 37.7. The highest BCUT2D eigenvalue weighted by atomic mass is 32.2. The fourth-order valence-corrected chi connectivity index (χ4v) is 4.80. The van der Waals surface area contributed by atoms with Crippen LogP contribution in [0.1, 0.15) is 29.8 Å². The Kier molecular flexibility index (Phi) is 8.14. The van der Waals surface area contributed by atoms with Crippen LogP contribution in [0.4, 0.5) is 0 Å². The molecular weight excluding hydrogens is 424 g/mol. The minimum atomic E-state index is -4.14. The summed E-state index contributed by atoms with van der Waals surface area (Å²) in [6.07, 6.45) is 0. The molecule has 0 aliphatic carbocycles. The van der Waals surface area contributed by atoms with Crippen molar-refractivity contribution < 1.29 is 32.7 Å². The molecule has 0 radical (unpaired) electrons. The van der Waals surface area contributed by atoms with Crippen molar-refractivity contribution in [3.05, 3.63) is 59.7 Å². The number of rotatable bonds is 9. The van der Waals surface area contributed by atoms with Crippen molar-refractivity contribution in [3.8, 4) is 5.75 Å². The molecule has 10 heteroatoms. The maximum Gasteiger partial charge on any atom is 0.337 e. The van der Waals surface area contributed by atoms with Crippen LogP contribution in [0, 0.1) is 5.92 Å². The van der Waals surface area contributed by atoms with Gasteiger partial charge in [-0.2, -0.15) is 4.31 Å². The highest BCUT2D eigenvalue weighted by Gasteiger charge is 2.38. The lowest BCUT2D eigenvalue weighted by Crippen LogP contribution is -2.51. The molecule has 1 atom stereocenters. The molecule has 168 valence electrons. The zero-order valence-corrected chi connectivity index (χ0v) is 18.5. The number of carbonyl (C=O) groups excluding carboxylic acids is 2. The van der Waals surface area contributed by atoms with Gasteiger partial charge >= 0.3 is 5.97 Å². The number of hydrogen-bond acceptors (Lipinski definition) is 7. The van der Waals surface area contributed by atoms with Gasteiger partial charge in [-0.05, 0) is 47.9 Å². The monoisotopic (exact) mass is 450 g/mol. The van der Waals surface area contributed by atoms with E-state index in [1.165, 1.54) is 50.6 Å². The molecule has 0 bridgehead atoms. The lowest BCUT2D eigenvalue weighted by atomic mass is 10.0. The number of hydroxylamine groups is 1. The second-order valence-electron chi connectivity index (χ2n) is 7.08. The topological polar surface area (TPSA) is 122 Å². The molecule has 2 aromatic carbocycles. The molecule has 9 nitrogen and oxygen atoms in total. The Morgan fingerprint density at radius 1 is 1.03 bits per heavy atom. The molecule has 0 fully saturated rings. The number of sulfonamides is 1. The first-order valence-electron chi connectivity index (χ1n) is 9.42. The lowest BCUT2D eigenvalue weighted by Gasteiger charge is -2.32. The molecule has 0 saturated carbocycles. The van der Waals surface area contributed by atoms with Gasteiger partial charge in [0.15, 0.2) is 0 Å². The fraction of sp³-hybridized carbons (Fsp3) is 0.333. The highest BCUT2D eigenvalue weighted by Crippen LogP contribution is 2.26. The van der Waals surface area contributed by atoms with Crippen LogP contribution in [0.25, 0.3) is 0 Å². The van der Waals surface area contributed by atoms with Crippen molar-refractivity contribution in [1.82, 2.24) is 9.79 Å². The molecule has 0 aromatic heterocycles. The van der Waals surface area contributed by atoms with Gasteiger partial charge in [0.2, 0.25) is 10.0 Å². The first kappa shape index (κ1) is 24.3. The molecule has 1 amide bonds. The number of methoxy groups -OCH3 is 2. The normalized spacial score (nSPS) is 12.5. The summed E-state index contributed by atoms with van der Waals surface area (Å²) in [5.41, 5.74) is 2.41. The van der Waals surface area contributed by atoms with E-state index in [4.69, 9.17) is 4.74 Å². The van der Waals surface area contributed by atoms with Crippen molar-refractivity contribution in [2.45, 2.75) is 31.3 Å². The minimum Gasteiger partial charge on any atom is -0.497 e. The van der Waals surface area contributed by atoms with Crippen LogP contribution in [0.15, 0.2) is 53.4 Å². The number of carbonyl (C=O) groups is 2. The number of benzene rings is 2. The molecular formula is C21H26N2O7S. The lowest BCUT2D eigenvalue weighted by molar-refractivity contribution is -0.134. The summed E-state index contributed by atoms with van der Waals surface area (Å²) in [6, 6.07) is 10.8. The predicted octanol–water partition coefficient (Wildman–Crippen LogP) is 2.20. The molecule has 2 aromatic rings. The fourth-order valence-electron chi connectivity index (χ4n) is 3.09. The van der Waals surface area contributed by atoms with Gasteiger partial charge in [-0.25, -0.2) is 18.7 Å². The van der Waals surface area contributed by atoms with Crippen molar-refractivity contribution in [2.75, 3.05) is 14.2 Å². The summed E-state index contributed by atoms with van der Waals surface area (Å²) >= 11 is 0. The summed E-state index contributed by atoms with van der Waals surface area (Å²) in [6.45, 7) is 3.19. The van der Waals surface area contributed by atoms with Crippen LogP contribution in [0.5, 0.6) is 5.75 Å². The second kappa shape index (κ2) is 10.4. The van der Waals surface area contributed by atoms with E-state index in [0.717, 1.165) is 4.31 Å². The number of nitrogens with zero attached hydrogens (tertiary/aromatic N) is 1. The quantitative estimate of drug-likeness (QED) is 0.341. The van der Waals surface area contributed by atoms with E-state index in [1.807, 2.05) is 0 Å². The van der Waals surface area contributed by atoms with Gasteiger partial charge in [0.25, 0.3) is 5.91 Å². The zero-order chi connectivity index (χ0) is 23.2. The minimum absolute atomic E-state index is 0.0316. The molecule has 2 rings (SSSR count). The smallest absolute Gasteiger partial charge is 0.337 e. The number of hydrogen-bond donors (Lipinski definition) is 2. The molecule has 2 N–H and O–H groups in total. The van der Waals surface area contributed by atoms with Crippen LogP contribution in [-0.4, -0.2) is 50.1 Å². The van der Waals surface area contributed by atoms with E-state index in [0.29, 0.717) is 16.9 Å². The Balaban J connectivity index is 2.51. The SMILES string of the molecule is COC(=O)c1ccc(CN(C(C(=O)NO)C(C)C)S(=O)(=O)c2ccc(OC)cc2)cc1. The van der Waals surface area contributed by atoms with Crippen molar-refractivity contribution in [2.24, 2.45) is 5.92 Å². The number of esters is 1. The molecule has 0 aliphatic rings. The molecule has 0 spiro atoms. The van der Waals surface area contributed by atoms with E-state index >= 15 is 0 Å². The molecule has 31 heavy (non-hydrogen) atoms. The summed E-state index contributed by atoms with van der Waals surface area (Å²) in [5, 5.41) is 9.21. The van der Waals surface area contributed by atoms with Crippen molar-refractivity contribution >= 4 is 21.9 Å². The first-order chi connectivity index (χ1) is 14.6.